The molecular weight excluding hydrogens is 388 g/mol. The smallest absolute Gasteiger partial charge is 0.323 e. The lowest BCUT2D eigenvalue weighted by Crippen LogP contribution is -2.48. The van der Waals surface area contributed by atoms with Gasteiger partial charge in [0.1, 0.15) is 5.75 Å². The van der Waals surface area contributed by atoms with Gasteiger partial charge in [-0.2, -0.15) is 11.8 Å². The van der Waals surface area contributed by atoms with E-state index in [2.05, 4.69) is 13.8 Å². The van der Waals surface area contributed by atoms with E-state index in [0.29, 0.717) is 18.8 Å². The van der Waals surface area contributed by atoms with Crippen molar-refractivity contribution in [2.75, 3.05) is 21.3 Å². The van der Waals surface area contributed by atoms with Gasteiger partial charge in [0.05, 0.1) is 21.3 Å². The molecule has 2 unspecified atom stereocenters. The number of ether oxygens (including phenoxy) is 3. The Kier molecular flexibility index (Phi) is 10.6. The van der Waals surface area contributed by atoms with E-state index in [4.69, 9.17) is 14.2 Å². The summed E-state index contributed by atoms with van der Waals surface area (Å²) in [6.07, 6.45) is 2.04. The molecule has 0 spiro atoms. The summed E-state index contributed by atoms with van der Waals surface area (Å²) in [5.74, 6) is 0.753. The molecule has 1 aromatic carbocycles. The second-order valence-electron chi connectivity index (χ2n) is 7.55. The normalized spacial score (nSPS) is 14.6. The third-order valence-corrected chi connectivity index (χ3v) is 7.54. The summed E-state index contributed by atoms with van der Waals surface area (Å²) in [6.45, 7) is 8.21. The highest BCUT2D eigenvalue weighted by molar-refractivity contribution is 7.99. The van der Waals surface area contributed by atoms with Crippen molar-refractivity contribution < 1.29 is 23.8 Å². The zero-order valence-corrected chi connectivity index (χ0v) is 19.6. The maximum Gasteiger partial charge on any atom is 0.323 e. The van der Waals surface area contributed by atoms with Gasteiger partial charge in [-0.15, -0.1) is 0 Å². The first-order valence-corrected chi connectivity index (χ1v) is 11.3. The third-order valence-electron chi connectivity index (χ3n) is 5.98. The van der Waals surface area contributed by atoms with Gasteiger partial charge in [-0.05, 0) is 36.0 Å². The van der Waals surface area contributed by atoms with Crippen LogP contribution >= 0.6 is 11.8 Å². The molecule has 3 atom stereocenters. The van der Waals surface area contributed by atoms with Gasteiger partial charge in [0.2, 0.25) is 0 Å². The SMILES string of the molecule is CCC(C)[C@@H](CC(C(=O)OC)(C(=O)OC)C(C)CC)SCc1ccc(OC)cc1. The zero-order valence-electron chi connectivity index (χ0n) is 18.8. The van der Waals surface area contributed by atoms with Crippen molar-refractivity contribution in [2.45, 2.75) is 58.0 Å². The Morgan fingerprint density at radius 2 is 1.52 bits per heavy atom. The van der Waals surface area contributed by atoms with E-state index in [0.717, 1.165) is 17.9 Å². The summed E-state index contributed by atoms with van der Waals surface area (Å²) in [4.78, 5) is 25.8. The van der Waals surface area contributed by atoms with E-state index in [-0.39, 0.29) is 11.2 Å². The summed E-state index contributed by atoms with van der Waals surface area (Å²) in [6, 6.07) is 7.98. The van der Waals surface area contributed by atoms with E-state index in [1.807, 2.05) is 38.1 Å². The van der Waals surface area contributed by atoms with Gasteiger partial charge in [-0.3, -0.25) is 9.59 Å². The molecule has 0 fully saturated rings. The highest BCUT2D eigenvalue weighted by atomic mass is 32.2. The minimum atomic E-state index is -1.29. The van der Waals surface area contributed by atoms with E-state index >= 15 is 0 Å². The molecule has 29 heavy (non-hydrogen) atoms. The number of benzene rings is 1. The average molecular weight is 425 g/mol. The van der Waals surface area contributed by atoms with Gasteiger partial charge in [0.25, 0.3) is 0 Å². The molecule has 0 aliphatic rings. The van der Waals surface area contributed by atoms with Gasteiger partial charge in [0.15, 0.2) is 5.41 Å². The fraction of sp³-hybridized carbons (Fsp3) is 0.652. The fourth-order valence-electron chi connectivity index (χ4n) is 3.50. The molecule has 0 radical (unpaired) electrons. The van der Waals surface area contributed by atoms with Crippen LogP contribution in [-0.4, -0.2) is 38.5 Å². The topological polar surface area (TPSA) is 61.8 Å². The lowest BCUT2D eigenvalue weighted by molar-refractivity contribution is -0.174. The Bertz CT molecular complexity index is 627. The van der Waals surface area contributed by atoms with Crippen LogP contribution in [-0.2, 0) is 24.8 Å². The second-order valence-corrected chi connectivity index (χ2v) is 8.78. The molecule has 0 amide bonds. The molecule has 164 valence electrons. The van der Waals surface area contributed by atoms with Crippen LogP contribution in [0, 0.1) is 17.3 Å². The van der Waals surface area contributed by atoms with Crippen LogP contribution in [0.4, 0.5) is 0 Å². The Labute approximate surface area is 179 Å². The van der Waals surface area contributed by atoms with Crippen LogP contribution in [0.1, 0.15) is 52.5 Å². The standard InChI is InChI=1S/C23H36O5S/c1-8-16(3)20(29-15-18-10-12-19(26-5)13-11-18)14-23(17(4)9-2,21(24)27-6)22(25)28-7/h10-13,16-17,20H,8-9,14-15H2,1-7H3/t16?,17?,20-/m1/s1. The third kappa shape index (κ3) is 6.14. The minimum Gasteiger partial charge on any atom is -0.497 e. The summed E-state index contributed by atoms with van der Waals surface area (Å²) >= 11 is 1.77. The number of methoxy groups -OCH3 is 3. The summed E-state index contributed by atoms with van der Waals surface area (Å²) in [7, 11) is 4.33. The molecule has 0 aliphatic heterocycles. The molecule has 1 aromatic rings. The zero-order chi connectivity index (χ0) is 22.0. The lowest BCUT2D eigenvalue weighted by atomic mass is 9.70. The predicted octanol–water partition coefficient (Wildman–Crippen LogP) is 5.11. The lowest BCUT2D eigenvalue weighted by Gasteiger charge is -2.37. The molecule has 1 rings (SSSR count). The van der Waals surface area contributed by atoms with Gasteiger partial charge < -0.3 is 14.2 Å². The Balaban J connectivity index is 3.17. The van der Waals surface area contributed by atoms with Crippen molar-refractivity contribution in [3.8, 4) is 5.75 Å². The average Bonchev–Trinajstić information content (AvgIpc) is 2.77. The Hall–Kier alpha value is -1.69. The van der Waals surface area contributed by atoms with Crippen molar-refractivity contribution >= 4 is 23.7 Å². The van der Waals surface area contributed by atoms with Crippen molar-refractivity contribution in [3.05, 3.63) is 29.8 Å². The summed E-state index contributed by atoms with van der Waals surface area (Å²) in [5.41, 5.74) is -0.117. The second kappa shape index (κ2) is 12.1. The number of hydrogen-bond acceptors (Lipinski definition) is 6. The number of carbonyl (C=O) groups is 2. The van der Waals surface area contributed by atoms with Crippen LogP contribution in [0.2, 0.25) is 0 Å². The van der Waals surface area contributed by atoms with Gasteiger partial charge in [-0.1, -0.05) is 52.7 Å². The monoisotopic (exact) mass is 424 g/mol. The Morgan fingerprint density at radius 1 is 0.966 bits per heavy atom. The van der Waals surface area contributed by atoms with Gasteiger partial charge in [0, 0.05) is 11.0 Å². The molecule has 0 aliphatic carbocycles. The van der Waals surface area contributed by atoms with Crippen LogP contribution in [0.25, 0.3) is 0 Å². The number of hydrogen-bond donors (Lipinski definition) is 0. The fourth-order valence-corrected chi connectivity index (χ4v) is 5.00. The summed E-state index contributed by atoms with van der Waals surface area (Å²) < 4.78 is 15.4. The molecule has 0 aromatic heterocycles. The maximum atomic E-state index is 12.9. The molecule has 0 saturated heterocycles. The van der Waals surface area contributed by atoms with E-state index in [1.165, 1.54) is 19.8 Å². The predicted molar refractivity (Wildman–Crippen MR) is 118 cm³/mol. The number of carbonyl (C=O) groups excluding carboxylic acids is 2. The summed E-state index contributed by atoms with van der Waals surface area (Å²) in [5, 5.41) is 0.106. The van der Waals surface area contributed by atoms with Crippen LogP contribution in [0.5, 0.6) is 5.75 Å². The first-order valence-electron chi connectivity index (χ1n) is 10.2. The van der Waals surface area contributed by atoms with Crippen LogP contribution in [0.3, 0.4) is 0 Å². The van der Waals surface area contributed by atoms with Gasteiger partial charge >= 0.3 is 11.9 Å². The molecule has 0 heterocycles. The molecular formula is C23H36O5S. The maximum absolute atomic E-state index is 12.9. The molecule has 5 nitrogen and oxygen atoms in total. The van der Waals surface area contributed by atoms with Crippen LogP contribution in [0.15, 0.2) is 24.3 Å². The molecule has 0 bridgehead atoms. The Morgan fingerprint density at radius 3 is 1.93 bits per heavy atom. The van der Waals surface area contributed by atoms with Gasteiger partial charge in [-0.25, -0.2) is 0 Å². The van der Waals surface area contributed by atoms with E-state index < -0.39 is 17.4 Å². The highest BCUT2D eigenvalue weighted by Gasteiger charge is 2.53. The van der Waals surface area contributed by atoms with Crippen molar-refractivity contribution in [3.63, 3.8) is 0 Å². The minimum absolute atomic E-state index is 0.106. The van der Waals surface area contributed by atoms with Crippen LogP contribution < -0.4 is 4.74 Å². The largest absolute Gasteiger partial charge is 0.497 e. The van der Waals surface area contributed by atoms with Crippen molar-refractivity contribution in [1.29, 1.82) is 0 Å². The van der Waals surface area contributed by atoms with E-state index in [1.54, 1.807) is 18.9 Å². The first kappa shape index (κ1) is 25.3. The molecule has 0 saturated carbocycles. The number of rotatable bonds is 12. The number of esters is 2. The quantitative estimate of drug-likeness (QED) is 0.343. The highest BCUT2D eigenvalue weighted by Crippen LogP contribution is 2.43. The first-order chi connectivity index (χ1) is 13.8. The molecule has 0 N–H and O–H groups in total. The van der Waals surface area contributed by atoms with Crippen molar-refractivity contribution in [1.82, 2.24) is 0 Å². The molecule has 6 heteroatoms. The van der Waals surface area contributed by atoms with Crippen molar-refractivity contribution in [2.24, 2.45) is 17.3 Å². The van der Waals surface area contributed by atoms with E-state index in [9.17, 15) is 9.59 Å². The number of thioether (sulfide) groups is 1.